The second-order valence-corrected chi connectivity index (χ2v) is 6.54. The molecular weight excluding hydrogens is 382 g/mol. The first-order valence-electron chi connectivity index (χ1n) is 9.36. The lowest BCUT2D eigenvalue weighted by atomic mass is 10.2. The van der Waals surface area contributed by atoms with Crippen LogP contribution in [0.1, 0.15) is 23.7 Å². The van der Waals surface area contributed by atoms with Crippen LogP contribution in [0, 0.1) is 11.6 Å². The lowest BCUT2D eigenvalue weighted by Crippen LogP contribution is -2.38. The third-order valence-electron chi connectivity index (χ3n) is 4.48. The molecule has 0 atom stereocenters. The Labute approximate surface area is 167 Å². The van der Waals surface area contributed by atoms with E-state index in [4.69, 9.17) is 4.74 Å². The molecule has 1 N–H and O–H groups in total. The van der Waals surface area contributed by atoms with Gasteiger partial charge in [-0.05, 0) is 37.6 Å². The summed E-state index contributed by atoms with van der Waals surface area (Å²) in [6.07, 6.45) is 2.17. The summed E-state index contributed by atoms with van der Waals surface area (Å²) in [6, 6.07) is 5.88. The lowest BCUT2D eigenvalue weighted by Gasteiger charge is -2.23. The number of anilines is 2. The fourth-order valence-electron chi connectivity index (χ4n) is 3.09. The second-order valence-electron chi connectivity index (χ2n) is 6.54. The first-order chi connectivity index (χ1) is 14.0. The van der Waals surface area contributed by atoms with Crippen molar-refractivity contribution in [2.75, 3.05) is 43.0 Å². The zero-order chi connectivity index (χ0) is 20.8. The molecule has 3 rings (SSSR count). The highest BCUT2D eigenvalue weighted by molar-refractivity contribution is 5.90. The molecule has 2 heterocycles. The Morgan fingerprint density at radius 3 is 2.52 bits per heavy atom. The first kappa shape index (κ1) is 20.5. The molecule has 1 aromatic heterocycles. The number of urea groups is 1. The number of pyridine rings is 1. The molecule has 9 heteroatoms. The minimum Gasteiger partial charge on any atom is -0.462 e. The molecule has 0 saturated carbocycles. The van der Waals surface area contributed by atoms with Crippen LogP contribution in [0.3, 0.4) is 0 Å². The summed E-state index contributed by atoms with van der Waals surface area (Å²) in [7, 11) is 0. The molecule has 0 bridgehead atoms. The van der Waals surface area contributed by atoms with Crippen molar-refractivity contribution in [3.63, 3.8) is 0 Å². The van der Waals surface area contributed by atoms with E-state index in [0.717, 1.165) is 18.2 Å². The van der Waals surface area contributed by atoms with E-state index in [9.17, 15) is 18.4 Å². The van der Waals surface area contributed by atoms with Gasteiger partial charge in [-0.2, -0.15) is 0 Å². The zero-order valence-corrected chi connectivity index (χ0v) is 16.0. The number of nitrogens with one attached hydrogen (secondary N) is 1. The molecule has 0 unspecified atom stereocenters. The van der Waals surface area contributed by atoms with Gasteiger partial charge in [0.05, 0.1) is 12.2 Å². The molecular formula is C20H22F2N4O3. The highest BCUT2D eigenvalue weighted by atomic mass is 19.1. The van der Waals surface area contributed by atoms with Crippen molar-refractivity contribution >= 4 is 23.5 Å². The number of nitrogens with zero attached hydrogens (tertiary/aromatic N) is 3. The Kier molecular flexibility index (Phi) is 6.58. The summed E-state index contributed by atoms with van der Waals surface area (Å²) in [4.78, 5) is 32.1. The highest BCUT2D eigenvalue weighted by Gasteiger charge is 2.20. The van der Waals surface area contributed by atoms with E-state index in [0.29, 0.717) is 50.6 Å². The van der Waals surface area contributed by atoms with E-state index in [1.165, 1.54) is 6.20 Å². The van der Waals surface area contributed by atoms with E-state index in [2.05, 4.69) is 10.3 Å². The minimum atomic E-state index is -0.750. The second kappa shape index (κ2) is 9.31. The largest absolute Gasteiger partial charge is 0.462 e. The number of halogens is 2. The quantitative estimate of drug-likeness (QED) is 0.792. The topological polar surface area (TPSA) is 74.8 Å². The predicted molar refractivity (Wildman–Crippen MR) is 104 cm³/mol. The van der Waals surface area contributed by atoms with Gasteiger partial charge in [0, 0.05) is 44.1 Å². The van der Waals surface area contributed by atoms with Crippen LogP contribution in [-0.4, -0.2) is 54.7 Å². The Bertz CT molecular complexity index is 856. The molecule has 7 nitrogen and oxygen atoms in total. The van der Waals surface area contributed by atoms with Crippen molar-refractivity contribution in [1.82, 2.24) is 9.88 Å². The van der Waals surface area contributed by atoms with E-state index < -0.39 is 23.6 Å². The zero-order valence-electron chi connectivity index (χ0n) is 16.0. The van der Waals surface area contributed by atoms with Crippen LogP contribution in [0.15, 0.2) is 36.5 Å². The van der Waals surface area contributed by atoms with Gasteiger partial charge in [-0.1, -0.05) is 0 Å². The molecule has 2 aromatic rings. The SMILES string of the molecule is CCOC(=O)c1ccc(N2CCCN(C(=O)Nc3cc(F)cc(F)c3)CC2)nc1. The van der Waals surface area contributed by atoms with Gasteiger partial charge >= 0.3 is 12.0 Å². The van der Waals surface area contributed by atoms with Crippen LogP contribution in [0.5, 0.6) is 0 Å². The van der Waals surface area contributed by atoms with Gasteiger partial charge in [-0.3, -0.25) is 0 Å². The molecule has 1 aromatic carbocycles. The van der Waals surface area contributed by atoms with Gasteiger partial charge in [0.15, 0.2) is 0 Å². The number of carbonyl (C=O) groups is 2. The van der Waals surface area contributed by atoms with Crippen molar-refractivity contribution < 1.29 is 23.1 Å². The van der Waals surface area contributed by atoms with E-state index in [1.807, 2.05) is 4.90 Å². The number of aromatic nitrogens is 1. The Hall–Kier alpha value is -3.23. The Morgan fingerprint density at radius 1 is 1.10 bits per heavy atom. The number of hydrogen-bond acceptors (Lipinski definition) is 5. The average molecular weight is 404 g/mol. The van der Waals surface area contributed by atoms with E-state index >= 15 is 0 Å². The number of benzene rings is 1. The number of amides is 2. The van der Waals surface area contributed by atoms with Gasteiger partial charge < -0.3 is 19.9 Å². The molecule has 0 aliphatic carbocycles. The number of esters is 1. The van der Waals surface area contributed by atoms with Gasteiger partial charge in [0.1, 0.15) is 17.5 Å². The number of rotatable bonds is 4. The predicted octanol–water partition coefficient (Wildman–Crippen LogP) is 3.28. The van der Waals surface area contributed by atoms with Crippen molar-refractivity contribution in [3.05, 3.63) is 53.7 Å². The maximum absolute atomic E-state index is 13.3. The normalized spacial score (nSPS) is 14.3. The lowest BCUT2D eigenvalue weighted by molar-refractivity contribution is 0.0526. The van der Waals surface area contributed by atoms with E-state index in [-0.39, 0.29) is 5.69 Å². The fourth-order valence-corrected chi connectivity index (χ4v) is 3.09. The van der Waals surface area contributed by atoms with Crippen LogP contribution < -0.4 is 10.2 Å². The molecule has 1 aliphatic heterocycles. The number of ether oxygens (including phenoxy) is 1. The van der Waals surface area contributed by atoms with Gasteiger partial charge in [0.2, 0.25) is 0 Å². The summed E-state index contributed by atoms with van der Waals surface area (Å²) in [5.74, 6) is -1.22. The van der Waals surface area contributed by atoms with Crippen LogP contribution in [0.25, 0.3) is 0 Å². The van der Waals surface area contributed by atoms with Crippen molar-refractivity contribution in [3.8, 4) is 0 Å². The van der Waals surface area contributed by atoms with Crippen molar-refractivity contribution in [2.24, 2.45) is 0 Å². The molecule has 1 saturated heterocycles. The third-order valence-corrected chi connectivity index (χ3v) is 4.48. The number of carbonyl (C=O) groups excluding carboxylic acids is 2. The summed E-state index contributed by atoms with van der Waals surface area (Å²) < 4.78 is 31.5. The Balaban J connectivity index is 1.59. The van der Waals surface area contributed by atoms with Gasteiger partial charge in [-0.15, -0.1) is 0 Å². The standard InChI is InChI=1S/C20H22F2N4O3/c1-2-29-19(27)14-4-5-18(23-13-14)25-6-3-7-26(9-8-25)20(28)24-17-11-15(21)10-16(22)12-17/h4-5,10-13H,2-3,6-9H2,1H3,(H,24,28). The number of hydrogen-bond donors (Lipinski definition) is 1. The molecule has 0 radical (unpaired) electrons. The highest BCUT2D eigenvalue weighted by Crippen LogP contribution is 2.17. The smallest absolute Gasteiger partial charge is 0.339 e. The summed E-state index contributed by atoms with van der Waals surface area (Å²) in [5.41, 5.74) is 0.457. The molecule has 154 valence electrons. The third kappa shape index (κ3) is 5.40. The summed E-state index contributed by atoms with van der Waals surface area (Å²) in [6.45, 7) is 4.18. The van der Waals surface area contributed by atoms with E-state index in [1.54, 1.807) is 24.0 Å². The van der Waals surface area contributed by atoms with Crippen LogP contribution in [0.4, 0.5) is 25.1 Å². The summed E-state index contributed by atoms with van der Waals surface area (Å²) in [5, 5.41) is 2.53. The fraction of sp³-hybridized carbons (Fsp3) is 0.350. The maximum atomic E-state index is 13.3. The first-order valence-corrected chi connectivity index (χ1v) is 9.36. The van der Waals surface area contributed by atoms with Gasteiger partial charge in [-0.25, -0.2) is 23.4 Å². The Morgan fingerprint density at radius 2 is 1.86 bits per heavy atom. The molecule has 0 spiro atoms. The maximum Gasteiger partial charge on any atom is 0.339 e. The molecule has 1 fully saturated rings. The minimum absolute atomic E-state index is 0.0739. The monoisotopic (exact) mass is 404 g/mol. The molecule has 2 amide bonds. The molecule has 1 aliphatic rings. The van der Waals surface area contributed by atoms with Crippen molar-refractivity contribution in [1.29, 1.82) is 0 Å². The van der Waals surface area contributed by atoms with Crippen LogP contribution in [0.2, 0.25) is 0 Å². The summed E-state index contributed by atoms with van der Waals surface area (Å²) >= 11 is 0. The van der Waals surface area contributed by atoms with Crippen molar-refractivity contribution in [2.45, 2.75) is 13.3 Å². The van der Waals surface area contributed by atoms with Crippen LogP contribution >= 0.6 is 0 Å². The van der Waals surface area contributed by atoms with Gasteiger partial charge in [0.25, 0.3) is 0 Å². The van der Waals surface area contributed by atoms with Crippen LogP contribution in [-0.2, 0) is 4.74 Å². The average Bonchev–Trinajstić information content (AvgIpc) is 2.94. The molecule has 29 heavy (non-hydrogen) atoms.